The highest BCUT2D eigenvalue weighted by molar-refractivity contribution is 5.76. The first kappa shape index (κ1) is 21.4. The summed E-state index contributed by atoms with van der Waals surface area (Å²) in [5.74, 6) is 2.00. The van der Waals surface area contributed by atoms with Gasteiger partial charge in [0.05, 0.1) is 6.61 Å². The Bertz CT molecular complexity index is 1040. The summed E-state index contributed by atoms with van der Waals surface area (Å²) in [6, 6.07) is 35.5. The average molecular weight is 428 g/mol. The minimum atomic E-state index is -0.893. The molecule has 162 valence electrons. The lowest BCUT2D eigenvalue weighted by atomic mass is 10.2. The predicted octanol–water partition coefficient (Wildman–Crippen LogP) is 5.68. The van der Waals surface area contributed by atoms with E-state index < -0.39 is 6.10 Å². The van der Waals surface area contributed by atoms with E-state index in [1.807, 2.05) is 60.7 Å². The lowest BCUT2D eigenvalue weighted by Gasteiger charge is -2.25. The number of rotatable bonds is 9. The molecule has 0 fully saturated rings. The monoisotopic (exact) mass is 427 g/mol. The van der Waals surface area contributed by atoms with Crippen molar-refractivity contribution in [3.8, 4) is 17.2 Å². The topological polar surface area (TPSA) is 62.2 Å². The van der Waals surface area contributed by atoms with Crippen molar-refractivity contribution in [2.45, 2.75) is 6.10 Å². The van der Waals surface area contributed by atoms with Gasteiger partial charge in [0.15, 0.2) is 0 Å². The molecule has 0 spiro atoms. The Morgan fingerprint density at radius 3 is 1.53 bits per heavy atom. The molecule has 5 heteroatoms. The normalized spacial score (nSPS) is 11.6. The minimum Gasteiger partial charge on any atom is -0.491 e. The number of aliphatic hydroxyl groups excluding tert-OH is 2. The minimum absolute atomic E-state index is 0.0392. The summed E-state index contributed by atoms with van der Waals surface area (Å²) in [7, 11) is 0. The first-order valence-electron chi connectivity index (χ1n) is 10.4. The van der Waals surface area contributed by atoms with Crippen molar-refractivity contribution >= 4 is 17.1 Å². The Balaban J connectivity index is 1.48. The molecule has 0 bridgehead atoms. The summed E-state index contributed by atoms with van der Waals surface area (Å²) in [5.41, 5.74) is 3.18. The fraction of sp³-hybridized carbons (Fsp3) is 0.111. The number of benzene rings is 4. The molecule has 0 heterocycles. The van der Waals surface area contributed by atoms with Crippen molar-refractivity contribution in [2.75, 3.05) is 18.1 Å². The molecule has 4 rings (SSSR count). The highest BCUT2D eigenvalue weighted by Crippen LogP contribution is 2.35. The van der Waals surface area contributed by atoms with E-state index in [0.717, 1.165) is 22.8 Å². The Kier molecular flexibility index (Phi) is 7.02. The van der Waals surface area contributed by atoms with E-state index in [9.17, 15) is 5.11 Å². The Morgan fingerprint density at radius 2 is 1.03 bits per heavy atom. The van der Waals surface area contributed by atoms with Crippen LogP contribution in [0.3, 0.4) is 0 Å². The second kappa shape index (κ2) is 10.5. The maximum absolute atomic E-state index is 9.37. The van der Waals surface area contributed by atoms with E-state index in [4.69, 9.17) is 14.6 Å². The molecule has 32 heavy (non-hydrogen) atoms. The molecule has 0 amide bonds. The quantitative estimate of drug-likeness (QED) is 0.360. The smallest absolute Gasteiger partial charge is 0.127 e. The molecular formula is C27H25NO4. The molecule has 0 aliphatic carbocycles. The first-order chi connectivity index (χ1) is 15.7. The van der Waals surface area contributed by atoms with Gasteiger partial charge >= 0.3 is 0 Å². The maximum atomic E-state index is 9.37. The Morgan fingerprint density at radius 1 is 0.594 bits per heavy atom. The SMILES string of the molecule is OCC(O)COc1ccc(Oc2ccc(N(c3ccccc3)c3ccccc3)cc2)cc1. The van der Waals surface area contributed by atoms with Crippen LogP contribution in [0.4, 0.5) is 17.1 Å². The summed E-state index contributed by atoms with van der Waals surface area (Å²) in [6.45, 7) is -0.291. The van der Waals surface area contributed by atoms with Gasteiger partial charge < -0.3 is 24.6 Å². The van der Waals surface area contributed by atoms with Gasteiger partial charge in [-0.25, -0.2) is 0 Å². The largest absolute Gasteiger partial charge is 0.491 e. The number of hydrogen-bond acceptors (Lipinski definition) is 5. The summed E-state index contributed by atoms with van der Waals surface area (Å²) in [4.78, 5) is 2.19. The lowest BCUT2D eigenvalue weighted by molar-refractivity contribution is 0.0536. The van der Waals surface area contributed by atoms with Gasteiger partial charge in [0.1, 0.15) is 30.0 Å². The molecule has 1 atom stereocenters. The van der Waals surface area contributed by atoms with Gasteiger partial charge in [-0.1, -0.05) is 36.4 Å². The first-order valence-corrected chi connectivity index (χ1v) is 10.4. The molecule has 0 aliphatic rings. The van der Waals surface area contributed by atoms with Crippen LogP contribution in [0, 0.1) is 0 Å². The fourth-order valence-electron chi connectivity index (χ4n) is 3.25. The number of nitrogens with zero attached hydrogens (tertiary/aromatic N) is 1. The molecular weight excluding hydrogens is 402 g/mol. The number of anilines is 3. The van der Waals surface area contributed by atoms with Gasteiger partial charge in [0.25, 0.3) is 0 Å². The Hall–Kier alpha value is -3.80. The number of hydrogen-bond donors (Lipinski definition) is 2. The average Bonchev–Trinajstić information content (AvgIpc) is 2.86. The van der Waals surface area contributed by atoms with Gasteiger partial charge in [0.2, 0.25) is 0 Å². The van der Waals surface area contributed by atoms with Gasteiger partial charge in [-0.2, -0.15) is 0 Å². The standard InChI is InChI=1S/C27H25NO4/c29-19-24(30)20-31-25-15-17-27(18-16-25)32-26-13-11-23(12-14-26)28(21-7-3-1-4-8-21)22-9-5-2-6-10-22/h1-18,24,29-30H,19-20H2. The summed E-state index contributed by atoms with van der Waals surface area (Å²) >= 11 is 0. The van der Waals surface area contributed by atoms with Crippen LogP contribution in [0.1, 0.15) is 0 Å². The van der Waals surface area contributed by atoms with Crippen LogP contribution in [0.2, 0.25) is 0 Å². The molecule has 2 N–H and O–H groups in total. The highest BCUT2D eigenvalue weighted by atomic mass is 16.5. The van der Waals surface area contributed by atoms with E-state index in [2.05, 4.69) is 29.2 Å². The third kappa shape index (κ3) is 5.46. The molecule has 0 aromatic heterocycles. The fourth-order valence-corrected chi connectivity index (χ4v) is 3.25. The van der Waals surface area contributed by atoms with E-state index in [-0.39, 0.29) is 13.2 Å². The summed E-state index contributed by atoms with van der Waals surface area (Å²) in [5, 5.41) is 18.2. The van der Waals surface area contributed by atoms with Gasteiger partial charge in [-0.15, -0.1) is 0 Å². The lowest BCUT2D eigenvalue weighted by Crippen LogP contribution is -2.21. The molecule has 1 unspecified atom stereocenters. The van der Waals surface area contributed by atoms with Crippen molar-refractivity contribution in [3.63, 3.8) is 0 Å². The molecule has 0 saturated carbocycles. The zero-order valence-corrected chi connectivity index (χ0v) is 17.5. The van der Waals surface area contributed by atoms with Crippen LogP contribution in [0.5, 0.6) is 17.2 Å². The molecule has 4 aromatic carbocycles. The maximum Gasteiger partial charge on any atom is 0.127 e. The van der Waals surface area contributed by atoms with E-state index >= 15 is 0 Å². The molecule has 4 aromatic rings. The van der Waals surface area contributed by atoms with Crippen molar-refractivity contribution < 1.29 is 19.7 Å². The second-order valence-electron chi connectivity index (χ2n) is 7.22. The third-order valence-electron chi connectivity index (χ3n) is 4.84. The number of ether oxygens (including phenoxy) is 2. The van der Waals surface area contributed by atoms with Crippen LogP contribution in [-0.2, 0) is 0 Å². The van der Waals surface area contributed by atoms with Gasteiger partial charge in [-0.3, -0.25) is 0 Å². The predicted molar refractivity (Wildman–Crippen MR) is 126 cm³/mol. The molecule has 5 nitrogen and oxygen atoms in total. The molecule has 0 saturated heterocycles. The van der Waals surface area contributed by atoms with E-state index in [1.165, 1.54) is 0 Å². The number of aliphatic hydroxyl groups is 2. The van der Waals surface area contributed by atoms with Crippen molar-refractivity contribution in [1.82, 2.24) is 0 Å². The zero-order valence-electron chi connectivity index (χ0n) is 17.5. The summed E-state index contributed by atoms with van der Waals surface area (Å²) in [6.07, 6.45) is -0.893. The van der Waals surface area contributed by atoms with E-state index in [1.54, 1.807) is 24.3 Å². The molecule has 0 aliphatic heterocycles. The van der Waals surface area contributed by atoms with Crippen molar-refractivity contribution in [1.29, 1.82) is 0 Å². The zero-order chi connectivity index (χ0) is 22.2. The van der Waals surface area contributed by atoms with Crippen LogP contribution >= 0.6 is 0 Å². The van der Waals surface area contributed by atoms with Gasteiger partial charge in [0, 0.05) is 17.1 Å². The van der Waals surface area contributed by atoms with Crippen LogP contribution in [0.25, 0.3) is 0 Å². The Labute approximate surface area is 187 Å². The number of para-hydroxylation sites is 2. The van der Waals surface area contributed by atoms with Crippen LogP contribution < -0.4 is 14.4 Å². The second-order valence-corrected chi connectivity index (χ2v) is 7.22. The highest BCUT2D eigenvalue weighted by Gasteiger charge is 2.12. The molecule has 0 radical (unpaired) electrons. The van der Waals surface area contributed by atoms with Crippen LogP contribution in [0.15, 0.2) is 109 Å². The van der Waals surface area contributed by atoms with Crippen molar-refractivity contribution in [2.24, 2.45) is 0 Å². The van der Waals surface area contributed by atoms with Crippen molar-refractivity contribution in [3.05, 3.63) is 109 Å². The van der Waals surface area contributed by atoms with E-state index in [0.29, 0.717) is 11.5 Å². The van der Waals surface area contributed by atoms with Crippen LogP contribution in [-0.4, -0.2) is 29.5 Å². The summed E-state index contributed by atoms with van der Waals surface area (Å²) < 4.78 is 11.4. The third-order valence-corrected chi connectivity index (χ3v) is 4.84. The van der Waals surface area contributed by atoms with Gasteiger partial charge in [-0.05, 0) is 72.8 Å².